The minimum Gasteiger partial charge on any atom is -0.367 e. The first kappa shape index (κ1) is 11.5. The van der Waals surface area contributed by atoms with Gasteiger partial charge in [0, 0.05) is 31.3 Å². The monoisotopic (exact) mass is 245 g/mol. The molecule has 0 spiro atoms. The lowest BCUT2D eigenvalue weighted by atomic mass is 10.1. The van der Waals surface area contributed by atoms with E-state index >= 15 is 0 Å². The molecule has 18 heavy (non-hydrogen) atoms. The van der Waals surface area contributed by atoms with Gasteiger partial charge in [-0.2, -0.15) is 0 Å². The van der Waals surface area contributed by atoms with Crippen molar-refractivity contribution in [3.63, 3.8) is 0 Å². The van der Waals surface area contributed by atoms with Gasteiger partial charge in [0.05, 0.1) is 6.04 Å². The third kappa shape index (κ3) is 2.19. The highest BCUT2D eigenvalue weighted by Crippen LogP contribution is 2.36. The second-order valence-corrected chi connectivity index (χ2v) is 5.23. The Kier molecular flexibility index (Phi) is 2.94. The van der Waals surface area contributed by atoms with Gasteiger partial charge in [-0.15, -0.1) is 0 Å². The maximum Gasteiger partial charge on any atom is 0.219 e. The van der Waals surface area contributed by atoms with Crippen LogP contribution < -0.4 is 5.32 Å². The van der Waals surface area contributed by atoms with Crippen molar-refractivity contribution in [2.45, 2.75) is 44.7 Å². The van der Waals surface area contributed by atoms with Gasteiger partial charge in [-0.1, -0.05) is 6.07 Å². The van der Waals surface area contributed by atoms with Crippen molar-refractivity contribution in [2.24, 2.45) is 0 Å². The standard InChI is InChI=1S/C14H19N3O/c1-10(18)17-9-3-5-13(17)12-4-2-8-15-14(12)16-11-6-7-11/h2,4,8,11,13H,3,5-7,9H2,1H3,(H,15,16). The Balaban J connectivity index is 1.87. The fraction of sp³-hybridized carbons (Fsp3) is 0.571. The van der Waals surface area contributed by atoms with Crippen LogP contribution in [0.2, 0.25) is 0 Å². The minimum atomic E-state index is 0.165. The van der Waals surface area contributed by atoms with Crippen LogP contribution in [0.15, 0.2) is 18.3 Å². The average Bonchev–Trinajstić information content (AvgIpc) is 3.04. The summed E-state index contributed by atoms with van der Waals surface area (Å²) >= 11 is 0. The van der Waals surface area contributed by atoms with E-state index in [2.05, 4.69) is 16.4 Å². The molecule has 96 valence electrons. The van der Waals surface area contributed by atoms with E-state index in [1.54, 1.807) is 6.92 Å². The molecule has 0 bridgehead atoms. The Morgan fingerprint density at radius 3 is 3.00 bits per heavy atom. The Bertz CT molecular complexity index is 456. The van der Waals surface area contributed by atoms with E-state index in [0.29, 0.717) is 6.04 Å². The zero-order valence-electron chi connectivity index (χ0n) is 10.7. The molecule has 1 aromatic rings. The van der Waals surface area contributed by atoms with E-state index < -0.39 is 0 Å². The van der Waals surface area contributed by atoms with Gasteiger partial charge >= 0.3 is 0 Å². The lowest BCUT2D eigenvalue weighted by Crippen LogP contribution is -2.28. The van der Waals surface area contributed by atoms with Crippen LogP contribution in [0, 0.1) is 0 Å². The van der Waals surface area contributed by atoms with Gasteiger partial charge in [0.25, 0.3) is 0 Å². The van der Waals surface area contributed by atoms with Gasteiger partial charge in [-0.25, -0.2) is 4.98 Å². The predicted molar refractivity (Wildman–Crippen MR) is 70.2 cm³/mol. The first-order valence-corrected chi connectivity index (χ1v) is 6.74. The number of likely N-dealkylation sites (tertiary alicyclic amines) is 1. The van der Waals surface area contributed by atoms with Gasteiger partial charge in [-0.3, -0.25) is 4.79 Å². The molecule has 1 N–H and O–H groups in total. The Morgan fingerprint density at radius 1 is 1.44 bits per heavy atom. The van der Waals surface area contributed by atoms with E-state index in [1.807, 2.05) is 17.2 Å². The number of rotatable bonds is 3. The van der Waals surface area contributed by atoms with Crippen LogP contribution >= 0.6 is 0 Å². The highest BCUT2D eigenvalue weighted by molar-refractivity contribution is 5.74. The van der Waals surface area contributed by atoms with E-state index in [0.717, 1.165) is 25.2 Å². The Labute approximate surface area is 107 Å². The molecule has 4 heteroatoms. The second-order valence-electron chi connectivity index (χ2n) is 5.23. The quantitative estimate of drug-likeness (QED) is 0.889. The number of amides is 1. The summed E-state index contributed by atoms with van der Waals surface area (Å²) in [6.45, 7) is 2.53. The van der Waals surface area contributed by atoms with Crippen molar-refractivity contribution in [3.8, 4) is 0 Å². The number of hydrogen-bond acceptors (Lipinski definition) is 3. The van der Waals surface area contributed by atoms with Crippen molar-refractivity contribution >= 4 is 11.7 Å². The first-order valence-electron chi connectivity index (χ1n) is 6.74. The summed E-state index contributed by atoms with van der Waals surface area (Å²) in [5.41, 5.74) is 1.18. The number of anilines is 1. The zero-order chi connectivity index (χ0) is 12.5. The summed E-state index contributed by atoms with van der Waals surface area (Å²) in [4.78, 5) is 18.1. The number of nitrogens with zero attached hydrogens (tertiary/aromatic N) is 2. The second kappa shape index (κ2) is 4.59. The SMILES string of the molecule is CC(=O)N1CCCC1c1cccnc1NC1CC1. The van der Waals surface area contributed by atoms with Crippen LogP contribution in [-0.2, 0) is 4.79 Å². The van der Waals surface area contributed by atoms with Crippen molar-refractivity contribution < 1.29 is 4.79 Å². The summed E-state index contributed by atoms with van der Waals surface area (Å²) < 4.78 is 0. The molecule has 1 atom stereocenters. The third-order valence-corrected chi connectivity index (χ3v) is 3.77. The first-order chi connectivity index (χ1) is 8.75. The molecule has 1 aliphatic heterocycles. The van der Waals surface area contributed by atoms with Crippen LogP contribution in [0.1, 0.15) is 44.2 Å². The highest BCUT2D eigenvalue weighted by Gasteiger charge is 2.31. The molecule has 4 nitrogen and oxygen atoms in total. The van der Waals surface area contributed by atoms with Gasteiger partial charge in [-0.05, 0) is 31.7 Å². The summed E-state index contributed by atoms with van der Waals surface area (Å²) in [5, 5.41) is 3.47. The fourth-order valence-corrected chi connectivity index (χ4v) is 2.70. The highest BCUT2D eigenvalue weighted by atomic mass is 16.2. The number of nitrogens with one attached hydrogen (secondary N) is 1. The summed E-state index contributed by atoms with van der Waals surface area (Å²) in [6, 6.07) is 4.86. The van der Waals surface area contributed by atoms with E-state index in [1.165, 1.54) is 18.4 Å². The molecular weight excluding hydrogens is 226 g/mol. The van der Waals surface area contributed by atoms with Crippen molar-refractivity contribution in [2.75, 3.05) is 11.9 Å². The zero-order valence-corrected chi connectivity index (χ0v) is 10.7. The van der Waals surface area contributed by atoms with Gasteiger partial charge < -0.3 is 10.2 Å². The number of pyridine rings is 1. The van der Waals surface area contributed by atoms with Crippen LogP contribution in [0.4, 0.5) is 5.82 Å². The molecule has 3 rings (SSSR count). The number of aromatic nitrogens is 1. The molecule has 2 fully saturated rings. The lowest BCUT2D eigenvalue weighted by Gasteiger charge is -2.25. The van der Waals surface area contributed by atoms with Crippen LogP contribution in [0.5, 0.6) is 0 Å². The normalized spacial score (nSPS) is 23.2. The van der Waals surface area contributed by atoms with Crippen molar-refractivity contribution in [1.82, 2.24) is 9.88 Å². The summed E-state index contributed by atoms with van der Waals surface area (Å²) in [5.74, 6) is 1.14. The Hall–Kier alpha value is -1.58. The number of carbonyl (C=O) groups excluding carboxylic acids is 1. The molecular formula is C14H19N3O. The maximum atomic E-state index is 11.7. The third-order valence-electron chi connectivity index (χ3n) is 3.77. The summed E-state index contributed by atoms with van der Waals surface area (Å²) in [7, 11) is 0. The molecule has 2 heterocycles. The van der Waals surface area contributed by atoms with Crippen LogP contribution in [0.25, 0.3) is 0 Å². The largest absolute Gasteiger partial charge is 0.367 e. The van der Waals surface area contributed by atoms with Crippen molar-refractivity contribution in [1.29, 1.82) is 0 Å². The number of hydrogen-bond donors (Lipinski definition) is 1. The smallest absolute Gasteiger partial charge is 0.219 e. The molecule has 1 unspecified atom stereocenters. The average molecular weight is 245 g/mol. The van der Waals surface area contributed by atoms with Crippen LogP contribution in [0.3, 0.4) is 0 Å². The lowest BCUT2D eigenvalue weighted by molar-refractivity contribution is -0.129. The van der Waals surface area contributed by atoms with Gasteiger partial charge in [0.15, 0.2) is 0 Å². The molecule has 0 aromatic carbocycles. The van der Waals surface area contributed by atoms with E-state index in [9.17, 15) is 4.79 Å². The van der Waals surface area contributed by atoms with Crippen LogP contribution in [-0.4, -0.2) is 28.4 Å². The summed E-state index contributed by atoms with van der Waals surface area (Å²) in [6.07, 6.45) is 6.42. The van der Waals surface area contributed by atoms with Gasteiger partial charge in [0.2, 0.25) is 5.91 Å². The fourth-order valence-electron chi connectivity index (χ4n) is 2.70. The van der Waals surface area contributed by atoms with Gasteiger partial charge in [0.1, 0.15) is 5.82 Å². The molecule has 1 aromatic heterocycles. The topological polar surface area (TPSA) is 45.2 Å². The Morgan fingerprint density at radius 2 is 2.28 bits per heavy atom. The molecule has 1 amide bonds. The molecule has 0 radical (unpaired) electrons. The molecule has 1 aliphatic carbocycles. The minimum absolute atomic E-state index is 0.165. The molecule has 2 aliphatic rings. The molecule has 1 saturated carbocycles. The number of carbonyl (C=O) groups is 1. The molecule has 1 saturated heterocycles. The van der Waals surface area contributed by atoms with Crippen molar-refractivity contribution in [3.05, 3.63) is 23.9 Å². The van der Waals surface area contributed by atoms with E-state index in [-0.39, 0.29) is 11.9 Å². The maximum absolute atomic E-state index is 11.7. The predicted octanol–water partition coefficient (Wildman–Crippen LogP) is 2.34. The van der Waals surface area contributed by atoms with E-state index in [4.69, 9.17) is 0 Å².